The maximum atomic E-state index is 5.51. The standard InChI is InChI=1S/C11H12N4/c12-8-9-2-4-10(5-3-9)15-11-13-6-1-7-14-11/h1-7H,8,12H2,(H,13,14,15). The zero-order valence-electron chi connectivity index (χ0n) is 8.22. The highest BCUT2D eigenvalue weighted by Gasteiger charge is 1.95. The van der Waals surface area contributed by atoms with E-state index in [9.17, 15) is 0 Å². The van der Waals surface area contributed by atoms with Crippen molar-refractivity contribution >= 4 is 11.6 Å². The molecule has 15 heavy (non-hydrogen) atoms. The van der Waals surface area contributed by atoms with Crippen LogP contribution in [0.1, 0.15) is 5.56 Å². The molecule has 1 aromatic heterocycles. The molecule has 0 amide bonds. The second-order valence-corrected chi connectivity index (χ2v) is 3.10. The summed E-state index contributed by atoms with van der Waals surface area (Å²) >= 11 is 0. The van der Waals surface area contributed by atoms with Crippen molar-refractivity contribution in [1.82, 2.24) is 9.97 Å². The van der Waals surface area contributed by atoms with E-state index < -0.39 is 0 Å². The second kappa shape index (κ2) is 4.52. The number of anilines is 2. The third kappa shape index (κ3) is 2.51. The van der Waals surface area contributed by atoms with Gasteiger partial charge in [-0.15, -0.1) is 0 Å². The molecule has 0 saturated heterocycles. The van der Waals surface area contributed by atoms with Crippen LogP contribution in [0.5, 0.6) is 0 Å². The molecule has 4 nitrogen and oxygen atoms in total. The van der Waals surface area contributed by atoms with Gasteiger partial charge >= 0.3 is 0 Å². The summed E-state index contributed by atoms with van der Waals surface area (Å²) in [6, 6.07) is 9.65. The first-order chi connectivity index (χ1) is 7.38. The van der Waals surface area contributed by atoms with Gasteiger partial charge in [-0.2, -0.15) is 0 Å². The van der Waals surface area contributed by atoms with Gasteiger partial charge in [0, 0.05) is 24.6 Å². The Labute approximate surface area is 88.2 Å². The molecule has 0 unspecified atom stereocenters. The van der Waals surface area contributed by atoms with Crippen molar-refractivity contribution in [2.24, 2.45) is 5.73 Å². The maximum Gasteiger partial charge on any atom is 0.227 e. The number of hydrogen-bond donors (Lipinski definition) is 2. The van der Waals surface area contributed by atoms with Crippen LogP contribution in [0.25, 0.3) is 0 Å². The molecule has 0 bridgehead atoms. The average molecular weight is 200 g/mol. The molecule has 0 aliphatic rings. The molecule has 76 valence electrons. The van der Waals surface area contributed by atoms with Crippen molar-refractivity contribution in [3.05, 3.63) is 48.3 Å². The van der Waals surface area contributed by atoms with E-state index in [1.165, 1.54) is 0 Å². The molecule has 1 aromatic carbocycles. The SMILES string of the molecule is NCc1ccc(Nc2ncccn2)cc1. The number of nitrogens with zero attached hydrogens (tertiary/aromatic N) is 2. The molecule has 0 saturated carbocycles. The molecule has 4 heteroatoms. The van der Waals surface area contributed by atoms with Crippen molar-refractivity contribution < 1.29 is 0 Å². The maximum absolute atomic E-state index is 5.51. The molecule has 0 spiro atoms. The predicted octanol–water partition coefficient (Wildman–Crippen LogP) is 1.68. The number of rotatable bonds is 3. The highest BCUT2D eigenvalue weighted by molar-refractivity contribution is 5.53. The van der Waals surface area contributed by atoms with Crippen LogP contribution in [0.2, 0.25) is 0 Å². The van der Waals surface area contributed by atoms with E-state index in [1.54, 1.807) is 18.5 Å². The molecule has 2 rings (SSSR count). The molecular formula is C11H12N4. The molecule has 0 radical (unpaired) electrons. The lowest BCUT2D eigenvalue weighted by Crippen LogP contribution is -1.98. The summed E-state index contributed by atoms with van der Waals surface area (Å²) < 4.78 is 0. The normalized spacial score (nSPS) is 9.93. The van der Waals surface area contributed by atoms with Crippen molar-refractivity contribution in [1.29, 1.82) is 0 Å². The van der Waals surface area contributed by atoms with Crippen LogP contribution in [0, 0.1) is 0 Å². The van der Waals surface area contributed by atoms with E-state index in [2.05, 4.69) is 15.3 Å². The summed E-state index contributed by atoms with van der Waals surface area (Å²) in [5, 5.41) is 3.09. The largest absolute Gasteiger partial charge is 0.326 e. The Morgan fingerprint density at radius 3 is 2.33 bits per heavy atom. The quantitative estimate of drug-likeness (QED) is 0.791. The summed E-state index contributed by atoms with van der Waals surface area (Å²) in [5.41, 5.74) is 7.57. The lowest BCUT2D eigenvalue weighted by Gasteiger charge is -2.04. The van der Waals surface area contributed by atoms with E-state index >= 15 is 0 Å². The highest BCUT2D eigenvalue weighted by atomic mass is 15.1. The van der Waals surface area contributed by atoms with Crippen LogP contribution in [-0.2, 0) is 6.54 Å². The number of benzene rings is 1. The summed E-state index contributed by atoms with van der Waals surface area (Å²) in [6.45, 7) is 0.558. The summed E-state index contributed by atoms with van der Waals surface area (Å²) in [4.78, 5) is 8.14. The van der Waals surface area contributed by atoms with Gasteiger partial charge in [-0.1, -0.05) is 12.1 Å². The topological polar surface area (TPSA) is 63.8 Å². The number of hydrogen-bond acceptors (Lipinski definition) is 4. The van der Waals surface area contributed by atoms with E-state index in [0.717, 1.165) is 11.3 Å². The Balaban J connectivity index is 2.11. The molecule has 0 aliphatic heterocycles. The minimum Gasteiger partial charge on any atom is -0.326 e. The molecular weight excluding hydrogens is 188 g/mol. The molecule has 1 heterocycles. The van der Waals surface area contributed by atoms with Crippen molar-refractivity contribution in [2.75, 3.05) is 5.32 Å². The Morgan fingerprint density at radius 1 is 1.07 bits per heavy atom. The lowest BCUT2D eigenvalue weighted by atomic mass is 10.2. The summed E-state index contributed by atoms with van der Waals surface area (Å²) in [6.07, 6.45) is 3.40. The van der Waals surface area contributed by atoms with Gasteiger partial charge in [0.1, 0.15) is 0 Å². The predicted molar refractivity (Wildman–Crippen MR) is 59.6 cm³/mol. The fourth-order valence-electron chi connectivity index (χ4n) is 1.22. The molecule has 2 aromatic rings. The Hall–Kier alpha value is -1.94. The minimum atomic E-state index is 0.558. The van der Waals surface area contributed by atoms with Crippen molar-refractivity contribution in [3.63, 3.8) is 0 Å². The van der Waals surface area contributed by atoms with E-state index in [-0.39, 0.29) is 0 Å². The zero-order valence-corrected chi connectivity index (χ0v) is 8.22. The van der Waals surface area contributed by atoms with Gasteiger partial charge in [-0.25, -0.2) is 9.97 Å². The van der Waals surface area contributed by atoms with Crippen LogP contribution < -0.4 is 11.1 Å². The lowest BCUT2D eigenvalue weighted by molar-refractivity contribution is 1.07. The fourth-order valence-corrected chi connectivity index (χ4v) is 1.22. The number of nitrogens with two attached hydrogens (primary N) is 1. The van der Waals surface area contributed by atoms with Gasteiger partial charge in [0.2, 0.25) is 5.95 Å². The minimum absolute atomic E-state index is 0.558. The summed E-state index contributed by atoms with van der Waals surface area (Å²) in [7, 11) is 0. The number of nitrogens with one attached hydrogen (secondary N) is 1. The van der Waals surface area contributed by atoms with E-state index in [1.807, 2.05) is 24.3 Å². The van der Waals surface area contributed by atoms with Crippen LogP contribution in [0.15, 0.2) is 42.7 Å². The molecule has 0 fully saturated rings. The first kappa shape index (κ1) is 9.61. The fraction of sp³-hybridized carbons (Fsp3) is 0.0909. The van der Waals surface area contributed by atoms with Crippen molar-refractivity contribution in [3.8, 4) is 0 Å². The molecule has 0 atom stereocenters. The molecule has 0 aliphatic carbocycles. The first-order valence-corrected chi connectivity index (χ1v) is 4.71. The Bertz CT molecular complexity index is 410. The van der Waals surface area contributed by atoms with Gasteiger partial charge in [-0.3, -0.25) is 0 Å². The van der Waals surface area contributed by atoms with Gasteiger partial charge < -0.3 is 11.1 Å². The monoisotopic (exact) mass is 200 g/mol. The third-order valence-corrected chi connectivity index (χ3v) is 2.01. The highest BCUT2D eigenvalue weighted by Crippen LogP contribution is 2.12. The van der Waals surface area contributed by atoms with Crippen molar-refractivity contribution in [2.45, 2.75) is 6.54 Å². The Morgan fingerprint density at radius 2 is 1.73 bits per heavy atom. The molecule has 3 N–H and O–H groups in total. The van der Waals surface area contributed by atoms with Crippen LogP contribution >= 0.6 is 0 Å². The van der Waals surface area contributed by atoms with Gasteiger partial charge in [0.25, 0.3) is 0 Å². The van der Waals surface area contributed by atoms with Gasteiger partial charge in [0.05, 0.1) is 0 Å². The van der Waals surface area contributed by atoms with Crippen LogP contribution in [-0.4, -0.2) is 9.97 Å². The Kier molecular flexibility index (Phi) is 2.90. The van der Waals surface area contributed by atoms with E-state index in [0.29, 0.717) is 12.5 Å². The zero-order chi connectivity index (χ0) is 10.5. The second-order valence-electron chi connectivity index (χ2n) is 3.10. The van der Waals surface area contributed by atoms with Crippen LogP contribution in [0.4, 0.5) is 11.6 Å². The van der Waals surface area contributed by atoms with E-state index in [4.69, 9.17) is 5.73 Å². The smallest absolute Gasteiger partial charge is 0.227 e. The number of aromatic nitrogens is 2. The van der Waals surface area contributed by atoms with Crippen LogP contribution in [0.3, 0.4) is 0 Å². The van der Waals surface area contributed by atoms with Gasteiger partial charge in [-0.05, 0) is 23.8 Å². The van der Waals surface area contributed by atoms with Gasteiger partial charge in [0.15, 0.2) is 0 Å². The first-order valence-electron chi connectivity index (χ1n) is 4.71. The average Bonchev–Trinajstić information content (AvgIpc) is 2.31. The summed E-state index contributed by atoms with van der Waals surface area (Å²) in [5.74, 6) is 0.595. The third-order valence-electron chi connectivity index (χ3n) is 2.01.